The number of anilines is 1. The van der Waals surface area contributed by atoms with E-state index in [4.69, 9.17) is 9.47 Å². The first-order chi connectivity index (χ1) is 15.4. The third-order valence-corrected chi connectivity index (χ3v) is 7.32. The minimum atomic E-state index is -3.70. The molecule has 9 heteroatoms. The number of hydrogen-bond donors (Lipinski definition) is 1. The van der Waals surface area contributed by atoms with Gasteiger partial charge in [0.05, 0.1) is 30.8 Å². The Balaban J connectivity index is 1.57. The molecular formula is C23H31N3O5S. The zero-order valence-electron chi connectivity index (χ0n) is 18.6. The van der Waals surface area contributed by atoms with Crippen molar-refractivity contribution in [2.45, 2.75) is 17.7 Å². The number of methoxy groups -OCH3 is 1. The number of benzene rings is 2. The number of carbonyl (C=O) groups excluding carboxylic acids is 1. The highest BCUT2D eigenvalue weighted by Gasteiger charge is 2.28. The van der Waals surface area contributed by atoms with Crippen LogP contribution in [-0.2, 0) is 14.8 Å². The highest BCUT2D eigenvalue weighted by Crippen LogP contribution is 2.25. The van der Waals surface area contributed by atoms with Crippen LogP contribution in [0, 0.1) is 0 Å². The maximum absolute atomic E-state index is 12.9. The highest BCUT2D eigenvalue weighted by molar-refractivity contribution is 7.89. The van der Waals surface area contributed by atoms with E-state index in [1.807, 2.05) is 25.2 Å². The standard InChI is InChI=1S/C23H31N3O5S/c1-25(19-8-4-3-5-9-19)13-7-6-12-24-23(27)21-18-20(10-11-22(21)30-2)32(28,29)26-14-16-31-17-15-26/h3-5,8-11,18H,6-7,12-17H2,1-2H3,(H,24,27). The van der Waals surface area contributed by atoms with Gasteiger partial charge in [-0.15, -0.1) is 0 Å². The van der Waals surface area contributed by atoms with Gasteiger partial charge in [-0.2, -0.15) is 4.31 Å². The number of rotatable bonds is 10. The maximum atomic E-state index is 12.9. The van der Waals surface area contributed by atoms with Crippen LogP contribution in [0.25, 0.3) is 0 Å². The van der Waals surface area contributed by atoms with Crippen LogP contribution in [0.4, 0.5) is 5.69 Å². The van der Waals surface area contributed by atoms with Gasteiger partial charge in [0.25, 0.3) is 5.91 Å². The first-order valence-electron chi connectivity index (χ1n) is 10.7. The maximum Gasteiger partial charge on any atom is 0.255 e. The van der Waals surface area contributed by atoms with E-state index in [2.05, 4.69) is 22.3 Å². The van der Waals surface area contributed by atoms with Gasteiger partial charge < -0.3 is 19.7 Å². The lowest BCUT2D eigenvalue weighted by atomic mass is 10.2. The van der Waals surface area contributed by atoms with Crippen LogP contribution in [0.3, 0.4) is 0 Å². The van der Waals surface area contributed by atoms with Crippen LogP contribution in [0.15, 0.2) is 53.4 Å². The van der Waals surface area contributed by atoms with Gasteiger partial charge in [0.2, 0.25) is 10.0 Å². The number of unbranched alkanes of at least 4 members (excludes halogenated alkanes) is 1. The summed E-state index contributed by atoms with van der Waals surface area (Å²) in [6.07, 6.45) is 1.71. The second-order valence-electron chi connectivity index (χ2n) is 7.60. The third kappa shape index (κ3) is 5.99. The Bertz CT molecular complexity index is 992. The van der Waals surface area contributed by atoms with Crippen molar-refractivity contribution in [3.05, 3.63) is 54.1 Å². The molecule has 1 amide bonds. The van der Waals surface area contributed by atoms with Crippen molar-refractivity contribution < 1.29 is 22.7 Å². The lowest BCUT2D eigenvalue weighted by Crippen LogP contribution is -2.40. The SMILES string of the molecule is COc1ccc(S(=O)(=O)N2CCOCC2)cc1C(=O)NCCCCN(C)c1ccccc1. The minimum Gasteiger partial charge on any atom is -0.496 e. The van der Waals surface area contributed by atoms with Gasteiger partial charge in [-0.1, -0.05) is 18.2 Å². The lowest BCUT2D eigenvalue weighted by Gasteiger charge is -2.26. The second-order valence-corrected chi connectivity index (χ2v) is 9.54. The summed E-state index contributed by atoms with van der Waals surface area (Å²) < 4.78 is 37.8. The zero-order chi connectivity index (χ0) is 23.0. The van der Waals surface area contributed by atoms with Gasteiger partial charge in [0.15, 0.2) is 0 Å². The van der Waals surface area contributed by atoms with E-state index < -0.39 is 10.0 Å². The Hall–Kier alpha value is -2.62. The number of carbonyl (C=O) groups is 1. The van der Waals surface area contributed by atoms with Gasteiger partial charge in [-0.05, 0) is 43.2 Å². The Morgan fingerprint density at radius 1 is 1.12 bits per heavy atom. The normalized spacial score (nSPS) is 14.7. The number of hydrogen-bond acceptors (Lipinski definition) is 6. The molecule has 2 aromatic rings. The van der Waals surface area contributed by atoms with Crippen molar-refractivity contribution >= 4 is 21.6 Å². The number of para-hydroxylation sites is 1. The van der Waals surface area contributed by atoms with Gasteiger partial charge >= 0.3 is 0 Å². The summed E-state index contributed by atoms with van der Waals surface area (Å²) in [5.41, 5.74) is 1.36. The Labute approximate surface area is 190 Å². The molecule has 1 N–H and O–H groups in total. The Kier molecular flexibility index (Phi) is 8.49. The Morgan fingerprint density at radius 2 is 1.84 bits per heavy atom. The van der Waals surface area contributed by atoms with Gasteiger partial charge in [-0.3, -0.25) is 4.79 Å². The van der Waals surface area contributed by atoms with Crippen molar-refractivity contribution in [2.75, 3.05) is 58.5 Å². The predicted molar refractivity (Wildman–Crippen MR) is 124 cm³/mol. The van der Waals surface area contributed by atoms with Gasteiger partial charge in [-0.25, -0.2) is 8.42 Å². The number of nitrogens with zero attached hydrogens (tertiary/aromatic N) is 2. The van der Waals surface area contributed by atoms with Crippen molar-refractivity contribution in [1.82, 2.24) is 9.62 Å². The van der Waals surface area contributed by atoms with E-state index in [0.717, 1.165) is 25.1 Å². The van der Waals surface area contributed by atoms with Crippen LogP contribution in [0.1, 0.15) is 23.2 Å². The largest absolute Gasteiger partial charge is 0.496 e. The molecule has 0 unspecified atom stereocenters. The molecule has 0 aromatic heterocycles. The summed E-state index contributed by atoms with van der Waals surface area (Å²) in [5.74, 6) is -0.00969. The van der Waals surface area contributed by atoms with E-state index in [9.17, 15) is 13.2 Å². The van der Waals surface area contributed by atoms with Crippen molar-refractivity contribution in [3.8, 4) is 5.75 Å². The molecule has 8 nitrogen and oxygen atoms in total. The van der Waals surface area contributed by atoms with Crippen LogP contribution >= 0.6 is 0 Å². The average molecular weight is 462 g/mol. The van der Waals surface area contributed by atoms with E-state index in [0.29, 0.717) is 38.6 Å². The Morgan fingerprint density at radius 3 is 2.53 bits per heavy atom. The molecule has 0 atom stereocenters. The van der Waals surface area contributed by atoms with Crippen LogP contribution < -0.4 is 15.0 Å². The van der Waals surface area contributed by atoms with E-state index in [1.165, 1.54) is 29.6 Å². The first-order valence-corrected chi connectivity index (χ1v) is 12.2. The quantitative estimate of drug-likeness (QED) is 0.547. The summed E-state index contributed by atoms with van der Waals surface area (Å²) in [6, 6.07) is 14.5. The number of nitrogens with one attached hydrogen (secondary N) is 1. The smallest absolute Gasteiger partial charge is 0.255 e. The molecule has 0 bridgehead atoms. The molecule has 1 heterocycles. The van der Waals surface area contributed by atoms with Crippen molar-refractivity contribution in [1.29, 1.82) is 0 Å². The van der Waals surface area contributed by atoms with Crippen LogP contribution in [-0.4, -0.2) is 72.2 Å². The molecule has 0 radical (unpaired) electrons. The fourth-order valence-corrected chi connectivity index (χ4v) is 4.98. The molecule has 1 fully saturated rings. The van der Waals surface area contributed by atoms with E-state index >= 15 is 0 Å². The van der Waals surface area contributed by atoms with Crippen molar-refractivity contribution in [3.63, 3.8) is 0 Å². The number of morpholine rings is 1. The predicted octanol–water partition coefficient (Wildman–Crippen LogP) is 2.36. The van der Waals surface area contributed by atoms with Gasteiger partial charge in [0.1, 0.15) is 5.75 Å². The van der Waals surface area contributed by atoms with Crippen LogP contribution in [0.2, 0.25) is 0 Å². The molecule has 174 valence electrons. The van der Waals surface area contributed by atoms with E-state index in [1.54, 1.807) is 0 Å². The summed E-state index contributed by atoms with van der Waals surface area (Å²) in [4.78, 5) is 15.0. The summed E-state index contributed by atoms with van der Waals surface area (Å²) >= 11 is 0. The number of sulfonamides is 1. The van der Waals surface area contributed by atoms with Crippen LogP contribution in [0.5, 0.6) is 5.75 Å². The molecule has 3 rings (SSSR count). The highest BCUT2D eigenvalue weighted by atomic mass is 32.2. The van der Waals surface area contributed by atoms with E-state index in [-0.39, 0.29) is 16.4 Å². The number of amides is 1. The molecular weight excluding hydrogens is 430 g/mol. The summed E-state index contributed by atoms with van der Waals surface area (Å²) in [7, 11) is -0.195. The summed E-state index contributed by atoms with van der Waals surface area (Å²) in [5, 5.41) is 2.88. The molecule has 1 aliphatic rings. The third-order valence-electron chi connectivity index (χ3n) is 5.43. The zero-order valence-corrected chi connectivity index (χ0v) is 19.4. The molecule has 0 spiro atoms. The lowest BCUT2D eigenvalue weighted by molar-refractivity contribution is 0.0730. The molecule has 2 aromatic carbocycles. The fraction of sp³-hybridized carbons (Fsp3) is 0.435. The molecule has 0 aliphatic carbocycles. The fourth-order valence-electron chi connectivity index (χ4n) is 3.54. The minimum absolute atomic E-state index is 0.0786. The topological polar surface area (TPSA) is 88.2 Å². The summed E-state index contributed by atoms with van der Waals surface area (Å²) in [6.45, 7) is 2.69. The second kappa shape index (κ2) is 11.3. The van der Waals surface area contributed by atoms with Crippen molar-refractivity contribution in [2.24, 2.45) is 0 Å². The van der Waals surface area contributed by atoms with Gasteiger partial charge in [0, 0.05) is 38.9 Å². The first kappa shape index (κ1) is 24.0. The molecule has 32 heavy (non-hydrogen) atoms. The molecule has 0 saturated carbocycles. The monoisotopic (exact) mass is 461 g/mol. The average Bonchev–Trinajstić information content (AvgIpc) is 2.84. The molecule has 1 aliphatic heterocycles. The molecule has 1 saturated heterocycles. The number of ether oxygens (including phenoxy) is 2.